The minimum atomic E-state index is 0.174. The molecule has 122 valence electrons. The van der Waals surface area contributed by atoms with Gasteiger partial charge in [-0.25, -0.2) is 4.98 Å². The van der Waals surface area contributed by atoms with Crippen LogP contribution < -0.4 is 5.73 Å². The maximum atomic E-state index is 6.41. The Morgan fingerprint density at radius 1 is 0.958 bits per heavy atom. The highest BCUT2D eigenvalue weighted by Gasteiger charge is 2.31. The number of hydrogen-bond donors (Lipinski definition) is 1. The van der Waals surface area contributed by atoms with Crippen molar-refractivity contribution in [1.29, 1.82) is 0 Å². The van der Waals surface area contributed by atoms with Crippen LogP contribution in [0.1, 0.15) is 17.3 Å². The summed E-state index contributed by atoms with van der Waals surface area (Å²) < 4.78 is 2.15. The molecule has 2 aromatic carbocycles. The number of imidazole rings is 1. The van der Waals surface area contributed by atoms with E-state index in [-0.39, 0.29) is 6.04 Å². The molecule has 24 heavy (non-hydrogen) atoms. The predicted molar refractivity (Wildman–Crippen MR) is 96.0 cm³/mol. The summed E-state index contributed by atoms with van der Waals surface area (Å²) in [7, 11) is 0. The van der Waals surface area contributed by atoms with E-state index >= 15 is 0 Å². The van der Waals surface area contributed by atoms with Gasteiger partial charge in [-0.1, -0.05) is 48.5 Å². The second-order valence-corrected chi connectivity index (χ2v) is 6.42. The minimum absolute atomic E-state index is 0.174. The normalized spacial score (nSPS) is 21.2. The molecule has 1 fully saturated rings. The first-order chi connectivity index (χ1) is 11.8. The molecule has 1 saturated heterocycles. The fourth-order valence-corrected chi connectivity index (χ4v) is 3.57. The van der Waals surface area contributed by atoms with Crippen molar-refractivity contribution in [2.24, 2.45) is 5.73 Å². The monoisotopic (exact) mass is 318 g/mol. The molecular weight excluding hydrogens is 296 g/mol. The van der Waals surface area contributed by atoms with Crippen molar-refractivity contribution in [2.45, 2.75) is 18.5 Å². The van der Waals surface area contributed by atoms with Crippen molar-refractivity contribution >= 4 is 0 Å². The summed E-state index contributed by atoms with van der Waals surface area (Å²) in [5.41, 5.74) is 8.89. The van der Waals surface area contributed by atoms with Gasteiger partial charge in [0.25, 0.3) is 0 Å². The zero-order chi connectivity index (χ0) is 16.4. The standard InChI is InChI=1S/C20H22N4/c21-19-14-23(13-18(19)16-7-3-1-4-8-16)15-20-22-11-12-24(20)17-9-5-2-6-10-17/h1-12,18-19H,13-15,21H2/t18-,19+/m0/s1. The number of nitrogens with zero attached hydrogens (tertiary/aromatic N) is 3. The van der Waals surface area contributed by atoms with Crippen molar-refractivity contribution in [3.63, 3.8) is 0 Å². The van der Waals surface area contributed by atoms with Gasteiger partial charge in [-0.3, -0.25) is 4.90 Å². The summed E-state index contributed by atoms with van der Waals surface area (Å²) in [6, 6.07) is 21.1. The Bertz CT molecular complexity index is 782. The third kappa shape index (κ3) is 2.98. The molecule has 2 N–H and O–H groups in total. The molecule has 0 amide bonds. The highest BCUT2D eigenvalue weighted by atomic mass is 15.2. The van der Waals surface area contributed by atoms with Gasteiger partial charge in [-0.15, -0.1) is 0 Å². The van der Waals surface area contributed by atoms with E-state index in [1.807, 2.05) is 18.5 Å². The maximum Gasteiger partial charge on any atom is 0.127 e. The lowest BCUT2D eigenvalue weighted by atomic mass is 9.95. The first kappa shape index (κ1) is 15.1. The molecule has 1 aliphatic rings. The molecule has 2 atom stereocenters. The number of para-hydroxylation sites is 1. The number of rotatable bonds is 4. The van der Waals surface area contributed by atoms with Gasteiger partial charge in [-0.2, -0.15) is 0 Å². The molecule has 0 spiro atoms. The average Bonchev–Trinajstić information content (AvgIpc) is 3.23. The second kappa shape index (κ2) is 6.59. The molecule has 4 nitrogen and oxygen atoms in total. The molecule has 0 bridgehead atoms. The first-order valence-corrected chi connectivity index (χ1v) is 8.42. The van der Waals surface area contributed by atoms with Gasteiger partial charge < -0.3 is 10.3 Å². The van der Waals surface area contributed by atoms with Gasteiger partial charge in [-0.05, 0) is 17.7 Å². The topological polar surface area (TPSA) is 47.1 Å². The van der Waals surface area contributed by atoms with Gasteiger partial charge >= 0.3 is 0 Å². The number of likely N-dealkylation sites (tertiary alicyclic amines) is 1. The summed E-state index contributed by atoms with van der Waals surface area (Å²) in [6.45, 7) is 2.70. The summed E-state index contributed by atoms with van der Waals surface area (Å²) in [5.74, 6) is 1.45. The van der Waals surface area contributed by atoms with Gasteiger partial charge in [0.1, 0.15) is 5.82 Å². The van der Waals surface area contributed by atoms with E-state index in [4.69, 9.17) is 5.73 Å². The molecule has 2 heterocycles. The van der Waals surface area contributed by atoms with Crippen molar-refractivity contribution < 1.29 is 0 Å². The number of hydrogen-bond acceptors (Lipinski definition) is 3. The van der Waals surface area contributed by atoms with Crippen LogP contribution in [-0.2, 0) is 6.54 Å². The quantitative estimate of drug-likeness (QED) is 0.804. The van der Waals surface area contributed by atoms with E-state index in [2.05, 4.69) is 69.0 Å². The minimum Gasteiger partial charge on any atom is -0.326 e. The van der Waals surface area contributed by atoms with Crippen LogP contribution in [0.15, 0.2) is 73.1 Å². The van der Waals surface area contributed by atoms with Crippen LogP contribution in [0.2, 0.25) is 0 Å². The molecule has 0 aliphatic carbocycles. The lowest BCUT2D eigenvalue weighted by molar-refractivity contribution is 0.313. The molecule has 1 aliphatic heterocycles. The van der Waals surface area contributed by atoms with Crippen LogP contribution in [0, 0.1) is 0 Å². The highest BCUT2D eigenvalue weighted by Crippen LogP contribution is 2.27. The number of nitrogens with two attached hydrogens (primary N) is 1. The van der Waals surface area contributed by atoms with Crippen LogP contribution >= 0.6 is 0 Å². The largest absolute Gasteiger partial charge is 0.326 e. The Balaban J connectivity index is 1.51. The van der Waals surface area contributed by atoms with Crippen molar-refractivity contribution in [3.05, 3.63) is 84.4 Å². The third-order valence-electron chi connectivity index (χ3n) is 4.79. The van der Waals surface area contributed by atoms with Crippen LogP contribution in [0.4, 0.5) is 0 Å². The highest BCUT2D eigenvalue weighted by molar-refractivity contribution is 5.33. The first-order valence-electron chi connectivity index (χ1n) is 8.42. The number of aromatic nitrogens is 2. The van der Waals surface area contributed by atoms with E-state index in [0.717, 1.165) is 31.1 Å². The lowest BCUT2D eigenvalue weighted by Gasteiger charge is -2.17. The fraction of sp³-hybridized carbons (Fsp3) is 0.250. The van der Waals surface area contributed by atoms with Crippen LogP contribution in [0.5, 0.6) is 0 Å². The van der Waals surface area contributed by atoms with Crippen LogP contribution in [0.3, 0.4) is 0 Å². The van der Waals surface area contributed by atoms with Crippen molar-refractivity contribution in [1.82, 2.24) is 14.5 Å². The van der Waals surface area contributed by atoms with Crippen molar-refractivity contribution in [3.8, 4) is 5.69 Å². The summed E-state index contributed by atoms with van der Waals surface area (Å²) in [4.78, 5) is 6.97. The molecule has 4 rings (SSSR count). The zero-order valence-corrected chi connectivity index (χ0v) is 13.6. The van der Waals surface area contributed by atoms with Crippen LogP contribution in [0.25, 0.3) is 5.69 Å². The number of benzene rings is 2. The average molecular weight is 318 g/mol. The fourth-order valence-electron chi connectivity index (χ4n) is 3.57. The lowest BCUT2D eigenvalue weighted by Crippen LogP contribution is -2.29. The molecule has 0 radical (unpaired) electrons. The van der Waals surface area contributed by atoms with Gasteiger partial charge in [0.2, 0.25) is 0 Å². The Labute approximate surface area is 142 Å². The van der Waals surface area contributed by atoms with Gasteiger partial charge in [0.15, 0.2) is 0 Å². The molecular formula is C20H22N4. The molecule has 0 saturated carbocycles. The van der Waals surface area contributed by atoms with E-state index in [0.29, 0.717) is 5.92 Å². The molecule has 3 aromatic rings. The third-order valence-corrected chi connectivity index (χ3v) is 4.79. The van der Waals surface area contributed by atoms with E-state index in [1.165, 1.54) is 5.56 Å². The Morgan fingerprint density at radius 3 is 2.42 bits per heavy atom. The molecule has 1 aromatic heterocycles. The summed E-state index contributed by atoms with van der Waals surface area (Å²) in [5, 5.41) is 0. The Hall–Kier alpha value is -2.43. The Kier molecular flexibility index (Phi) is 4.15. The smallest absolute Gasteiger partial charge is 0.127 e. The van der Waals surface area contributed by atoms with E-state index < -0.39 is 0 Å². The molecule has 4 heteroatoms. The SMILES string of the molecule is N[C@@H]1CN(Cc2nccn2-c2ccccc2)C[C@H]1c1ccccc1. The van der Waals surface area contributed by atoms with E-state index in [9.17, 15) is 0 Å². The predicted octanol–water partition coefficient (Wildman–Crippen LogP) is 2.80. The summed E-state index contributed by atoms with van der Waals surface area (Å²) >= 11 is 0. The van der Waals surface area contributed by atoms with Crippen molar-refractivity contribution in [2.75, 3.05) is 13.1 Å². The zero-order valence-electron chi connectivity index (χ0n) is 13.6. The maximum absolute atomic E-state index is 6.41. The van der Waals surface area contributed by atoms with E-state index in [1.54, 1.807) is 0 Å². The second-order valence-electron chi connectivity index (χ2n) is 6.42. The summed E-state index contributed by atoms with van der Waals surface area (Å²) in [6.07, 6.45) is 3.89. The van der Waals surface area contributed by atoms with Crippen LogP contribution in [-0.4, -0.2) is 33.6 Å². The van der Waals surface area contributed by atoms with Gasteiger partial charge in [0.05, 0.1) is 6.54 Å². The van der Waals surface area contributed by atoms with Gasteiger partial charge in [0, 0.05) is 43.1 Å². The molecule has 0 unspecified atom stereocenters. The Morgan fingerprint density at radius 2 is 1.67 bits per heavy atom.